The monoisotopic (exact) mass is 618 g/mol. The van der Waals surface area contributed by atoms with E-state index < -0.39 is 29.0 Å². The van der Waals surface area contributed by atoms with Gasteiger partial charge in [-0.1, -0.05) is 12.1 Å². The van der Waals surface area contributed by atoms with Crippen LogP contribution in [0.4, 0.5) is 4.39 Å². The van der Waals surface area contributed by atoms with E-state index in [2.05, 4.69) is 15.6 Å². The molecule has 2 atom stereocenters. The van der Waals surface area contributed by atoms with Crippen LogP contribution in [-0.2, 0) is 57.4 Å². The van der Waals surface area contributed by atoms with Gasteiger partial charge in [0.25, 0.3) is 5.56 Å². The van der Waals surface area contributed by atoms with Crippen molar-refractivity contribution in [2.45, 2.75) is 71.1 Å². The molecular weight excluding hydrogens is 587 g/mol. The molecule has 45 heavy (non-hydrogen) atoms. The van der Waals surface area contributed by atoms with Gasteiger partial charge < -0.3 is 29.6 Å². The first-order chi connectivity index (χ1) is 21.7. The van der Waals surface area contributed by atoms with Gasteiger partial charge in [-0.3, -0.25) is 9.59 Å². The number of esters is 1. The van der Waals surface area contributed by atoms with Gasteiger partial charge in [0.1, 0.15) is 19.0 Å². The maximum absolute atomic E-state index is 15.1. The van der Waals surface area contributed by atoms with Gasteiger partial charge in [-0.05, 0) is 48.9 Å². The number of aliphatic hydroxyl groups excluding tert-OH is 1. The van der Waals surface area contributed by atoms with Crippen molar-refractivity contribution in [2.75, 3.05) is 13.2 Å². The second kappa shape index (κ2) is 10.8. The van der Waals surface area contributed by atoms with E-state index in [9.17, 15) is 24.6 Å². The maximum Gasteiger partial charge on any atom is 0.343 e. The van der Waals surface area contributed by atoms with E-state index in [1.165, 1.54) is 21.5 Å². The largest absolute Gasteiger partial charge is 0.458 e. The van der Waals surface area contributed by atoms with Gasteiger partial charge >= 0.3 is 5.97 Å². The van der Waals surface area contributed by atoms with Gasteiger partial charge in [0.15, 0.2) is 5.60 Å². The van der Waals surface area contributed by atoms with Crippen molar-refractivity contribution >= 4 is 22.8 Å². The molecule has 0 unspecified atom stereocenters. The number of aryl methyl sites for hydroxylation is 1. The van der Waals surface area contributed by atoms with Crippen LogP contribution in [0.25, 0.3) is 22.3 Å². The van der Waals surface area contributed by atoms with E-state index in [0.29, 0.717) is 47.5 Å². The van der Waals surface area contributed by atoms with Crippen LogP contribution < -0.4 is 10.9 Å². The van der Waals surface area contributed by atoms with Crippen molar-refractivity contribution in [3.8, 4) is 11.4 Å². The Morgan fingerprint density at radius 1 is 1.27 bits per heavy atom. The topological polar surface area (TPSA) is 171 Å². The highest BCUT2D eigenvalue weighted by Gasteiger charge is 2.46. The summed E-state index contributed by atoms with van der Waals surface area (Å²) in [6, 6.07) is 2.52. The average molecular weight is 619 g/mol. The number of hydrogen-bond donors (Lipinski definition) is 3. The third kappa shape index (κ3) is 4.46. The zero-order chi connectivity index (χ0) is 31.6. The Kier molecular flexibility index (Phi) is 7.02. The number of cyclic esters (lactones) is 1. The summed E-state index contributed by atoms with van der Waals surface area (Å²) < 4.78 is 28.9. The van der Waals surface area contributed by atoms with E-state index in [4.69, 9.17) is 14.5 Å². The number of rotatable bonds is 8. The van der Waals surface area contributed by atoms with Gasteiger partial charge in [-0.25, -0.2) is 18.9 Å². The van der Waals surface area contributed by atoms with Crippen LogP contribution >= 0.6 is 0 Å². The molecule has 7 rings (SSSR count). The molecule has 4 aromatic rings. The summed E-state index contributed by atoms with van der Waals surface area (Å²) in [5.41, 5.74) is 2.60. The first-order valence-electron chi connectivity index (χ1n) is 14.8. The summed E-state index contributed by atoms with van der Waals surface area (Å²) >= 11 is 0. The molecule has 1 aromatic carbocycles. The first-order valence-corrected chi connectivity index (χ1v) is 14.8. The van der Waals surface area contributed by atoms with Crippen LogP contribution in [0.5, 0.6) is 0 Å². The van der Waals surface area contributed by atoms with E-state index in [0.717, 1.165) is 22.1 Å². The molecule has 0 saturated carbocycles. The van der Waals surface area contributed by atoms with Crippen LogP contribution in [0.3, 0.4) is 0 Å². The number of ether oxygens (including phenoxy) is 2. The second-order valence-electron chi connectivity index (χ2n) is 11.6. The van der Waals surface area contributed by atoms with Crippen molar-refractivity contribution in [1.29, 1.82) is 0 Å². The maximum atomic E-state index is 15.1. The number of amides is 1. The highest BCUT2D eigenvalue weighted by Crippen LogP contribution is 2.45. The SMILES string of the molecule is CC[C@@]1(O)C(=O)OCc2c1cc1n(c2=O)Cc2c-1nc1cc(F)c(C)c3c1c2[C@@H](NC(=O)COCCn1nncc1CO)CC3. The van der Waals surface area contributed by atoms with Gasteiger partial charge in [0.2, 0.25) is 5.91 Å². The van der Waals surface area contributed by atoms with E-state index in [1.54, 1.807) is 19.9 Å². The molecule has 234 valence electrons. The Morgan fingerprint density at radius 2 is 2.09 bits per heavy atom. The minimum atomic E-state index is -1.98. The van der Waals surface area contributed by atoms with E-state index >= 15 is 4.39 Å². The Labute approximate surface area is 255 Å². The Hall–Kier alpha value is -4.53. The highest BCUT2D eigenvalue weighted by molar-refractivity contribution is 5.94. The molecule has 5 heterocycles. The van der Waals surface area contributed by atoms with Crippen molar-refractivity contribution in [3.05, 3.63) is 73.6 Å². The van der Waals surface area contributed by atoms with Crippen molar-refractivity contribution in [1.82, 2.24) is 29.9 Å². The molecule has 3 aromatic heterocycles. The molecular formula is C31H31FN6O7. The summed E-state index contributed by atoms with van der Waals surface area (Å²) in [5, 5.41) is 32.0. The van der Waals surface area contributed by atoms with E-state index in [-0.39, 0.29) is 56.4 Å². The number of aromatic nitrogens is 5. The van der Waals surface area contributed by atoms with Gasteiger partial charge in [-0.15, -0.1) is 5.10 Å². The fraction of sp³-hybridized carbons (Fsp3) is 0.419. The van der Waals surface area contributed by atoms with Crippen molar-refractivity contribution < 1.29 is 33.7 Å². The number of aliphatic hydroxyl groups is 2. The smallest absolute Gasteiger partial charge is 0.343 e. The molecule has 0 fully saturated rings. The quantitative estimate of drug-likeness (QED) is 0.171. The van der Waals surface area contributed by atoms with Crippen LogP contribution in [-0.4, -0.2) is 59.8 Å². The van der Waals surface area contributed by atoms with Gasteiger partial charge in [-0.2, -0.15) is 0 Å². The summed E-state index contributed by atoms with van der Waals surface area (Å²) in [7, 11) is 0. The Bertz CT molecular complexity index is 1970. The lowest BCUT2D eigenvalue weighted by Gasteiger charge is -2.31. The molecule has 0 saturated heterocycles. The number of fused-ring (bicyclic) bond motifs is 5. The molecule has 14 heteroatoms. The summed E-state index contributed by atoms with van der Waals surface area (Å²) in [4.78, 5) is 44.3. The number of benzene rings is 1. The number of carbonyl (C=O) groups excluding carboxylic acids is 2. The van der Waals surface area contributed by atoms with Crippen molar-refractivity contribution in [3.63, 3.8) is 0 Å². The Balaban J connectivity index is 1.26. The number of pyridine rings is 2. The number of carbonyl (C=O) groups is 2. The number of nitrogens with one attached hydrogen (secondary N) is 1. The fourth-order valence-corrected chi connectivity index (χ4v) is 6.84. The number of halogens is 1. The normalized spacial score (nSPS) is 19.7. The first kappa shape index (κ1) is 29.2. The molecule has 1 aliphatic carbocycles. The second-order valence-corrected chi connectivity index (χ2v) is 11.6. The number of hydrogen-bond acceptors (Lipinski definition) is 10. The molecule has 3 aliphatic rings. The summed E-state index contributed by atoms with van der Waals surface area (Å²) in [6.07, 6.45) is 2.47. The molecule has 0 spiro atoms. The van der Waals surface area contributed by atoms with Crippen LogP contribution in [0.15, 0.2) is 23.1 Å². The zero-order valence-corrected chi connectivity index (χ0v) is 24.7. The molecule has 0 bridgehead atoms. The standard InChI is InChI=1S/C31H31FN6O7/c1-3-31(43)20-8-24-28-18(11-37(24)29(41)19(20)13-45-30(31)42)27-22(5-4-17-15(2)21(32)9-23(35-28)26(17)27)34-25(40)14-44-7-6-38-16(12-39)10-33-36-38/h8-10,22,39,43H,3-7,11-14H2,1-2H3,(H,34,40)/t22-,31-/m0/s1. The Morgan fingerprint density at radius 3 is 2.87 bits per heavy atom. The molecule has 0 radical (unpaired) electrons. The highest BCUT2D eigenvalue weighted by atomic mass is 19.1. The lowest BCUT2D eigenvalue weighted by Crippen LogP contribution is -2.44. The van der Waals surface area contributed by atoms with E-state index in [1.807, 2.05) is 0 Å². The minimum absolute atomic E-state index is 0.0104. The minimum Gasteiger partial charge on any atom is -0.458 e. The third-order valence-electron chi connectivity index (χ3n) is 9.25. The lowest BCUT2D eigenvalue weighted by molar-refractivity contribution is -0.172. The van der Waals surface area contributed by atoms with Crippen LogP contribution in [0.2, 0.25) is 0 Å². The van der Waals surface area contributed by atoms with Crippen molar-refractivity contribution in [2.24, 2.45) is 0 Å². The molecule has 1 amide bonds. The lowest BCUT2D eigenvalue weighted by atomic mass is 9.81. The predicted octanol–water partition coefficient (Wildman–Crippen LogP) is 1.43. The molecule has 2 aliphatic heterocycles. The summed E-state index contributed by atoms with van der Waals surface area (Å²) in [6.45, 7) is 3.30. The van der Waals surface area contributed by atoms with Gasteiger partial charge in [0.05, 0.1) is 66.7 Å². The number of nitrogens with zero attached hydrogens (tertiary/aromatic N) is 5. The van der Waals surface area contributed by atoms with Gasteiger partial charge in [0, 0.05) is 22.6 Å². The third-order valence-corrected chi connectivity index (χ3v) is 9.25. The fourth-order valence-electron chi connectivity index (χ4n) is 6.84. The zero-order valence-electron chi connectivity index (χ0n) is 24.7. The average Bonchev–Trinajstić information content (AvgIpc) is 3.65. The predicted molar refractivity (Wildman–Crippen MR) is 155 cm³/mol. The van der Waals surface area contributed by atoms with Crippen LogP contribution in [0.1, 0.15) is 64.9 Å². The molecule has 13 nitrogen and oxygen atoms in total. The van der Waals surface area contributed by atoms with Crippen LogP contribution in [0, 0.1) is 12.7 Å². The molecule has 3 N–H and O–H groups in total. The summed E-state index contributed by atoms with van der Waals surface area (Å²) in [5.74, 6) is -1.56.